The van der Waals surface area contributed by atoms with E-state index >= 15 is 0 Å². The Balaban J connectivity index is 1.42. The average Bonchev–Trinajstić information content (AvgIpc) is 3.18. The molecule has 160 valence electrons. The minimum absolute atomic E-state index is 0.0296. The number of terminal acetylenes is 1. The number of aliphatic hydroxyl groups is 1. The molecule has 0 radical (unpaired) electrons. The molecule has 8 nitrogen and oxygen atoms in total. The Labute approximate surface area is 172 Å². The van der Waals surface area contributed by atoms with Gasteiger partial charge in [0.25, 0.3) is 5.91 Å². The van der Waals surface area contributed by atoms with Crippen molar-refractivity contribution in [3.8, 4) is 12.3 Å². The monoisotopic (exact) mass is 404 g/mol. The van der Waals surface area contributed by atoms with Crippen LogP contribution in [-0.4, -0.2) is 95.3 Å². The molecule has 1 amide bonds. The zero-order valence-electron chi connectivity index (χ0n) is 17.3. The maximum absolute atomic E-state index is 12.7. The predicted octanol–water partition coefficient (Wildman–Crippen LogP) is 0.818. The Bertz CT molecular complexity index is 693. The summed E-state index contributed by atoms with van der Waals surface area (Å²) in [7, 11) is 0. The molecule has 2 atom stereocenters. The standard InChI is InChI=1S/C21H32N4O4/c1-3-12-28-15-18(26)13-23-8-10-24(11-9-23)14-20-22-19(16-29-20)21(27)25-7-5-4-6-17(25)2/h1,16-18,26H,4-15H2,2H3. The molecule has 2 saturated heterocycles. The van der Waals surface area contributed by atoms with Crippen molar-refractivity contribution in [3.05, 3.63) is 17.8 Å². The van der Waals surface area contributed by atoms with Gasteiger partial charge in [0.1, 0.15) is 12.9 Å². The normalized spacial score (nSPS) is 22.4. The Kier molecular flexibility index (Phi) is 8.07. The second kappa shape index (κ2) is 10.7. The number of carbonyl (C=O) groups is 1. The Morgan fingerprint density at radius 2 is 2.10 bits per heavy atom. The number of aliphatic hydroxyl groups excluding tert-OH is 1. The maximum atomic E-state index is 12.7. The lowest BCUT2D eigenvalue weighted by atomic mass is 10.0. The van der Waals surface area contributed by atoms with Crippen LogP contribution in [-0.2, 0) is 11.3 Å². The summed E-state index contributed by atoms with van der Waals surface area (Å²) in [5.41, 5.74) is 0.405. The molecule has 0 saturated carbocycles. The topological polar surface area (TPSA) is 82.3 Å². The van der Waals surface area contributed by atoms with Crippen LogP contribution in [0.15, 0.2) is 10.7 Å². The van der Waals surface area contributed by atoms with Crippen molar-refractivity contribution in [2.24, 2.45) is 0 Å². The number of aromatic nitrogens is 1. The molecule has 2 unspecified atom stereocenters. The number of carbonyl (C=O) groups excluding carboxylic acids is 1. The van der Waals surface area contributed by atoms with E-state index in [1.165, 1.54) is 12.7 Å². The number of β-amino-alcohol motifs (C(OH)–C–C–N with tert-alkyl or cyclic N) is 1. The highest BCUT2D eigenvalue weighted by molar-refractivity contribution is 5.92. The van der Waals surface area contributed by atoms with Crippen molar-refractivity contribution in [2.75, 3.05) is 52.5 Å². The van der Waals surface area contributed by atoms with Gasteiger partial charge in [0.2, 0.25) is 5.89 Å². The van der Waals surface area contributed by atoms with Crippen LogP contribution in [0.2, 0.25) is 0 Å². The van der Waals surface area contributed by atoms with E-state index in [4.69, 9.17) is 15.6 Å². The third-order valence-corrected chi connectivity index (χ3v) is 5.62. The quantitative estimate of drug-likeness (QED) is 0.507. The molecule has 2 fully saturated rings. The molecule has 1 aromatic heterocycles. The summed E-state index contributed by atoms with van der Waals surface area (Å²) in [4.78, 5) is 23.5. The molecule has 3 rings (SSSR count). The van der Waals surface area contributed by atoms with E-state index in [1.807, 2.05) is 4.90 Å². The molecular formula is C21H32N4O4. The van der Waals surface area contributed by atoms with Gasteiger partial charge >= 0.3 is 0 Å². The molecule has 1 aromatic rings. The summed E-state index contributed by atoms with van der Waals surface area (Å²) in [5.74, 6) is 2.94. The van der Waals surface area contributed by atoms with Gasteiger partial charge in [-0.3, -0.25) is 14.6 Å². The second-order valence-electron chi connectivity index (χ2n) is 7.92. The van der Waals surface area contributed by atoms with Gasteiger partial charge in [-0.15, -0.1) is 6.42 Å². The number of likely N-dealkylation sites (tertiary alicyclic amines) is 1. The van der Waals surface area contributed by atoms with E-state index in [1.54, 1.807) is 0 Å². The highest BCUT2D eigenvalue weighted by Gasteiger charge is 2.27. The number of amides is 1. The van der Waals surface area contributed by atoms with Crippen molar-refractivity contribution in [1.29, 1.82) is 0 Å². The lowest BCUT2D eigenvalue weighted by Crippen LogP contribution is -2.48. The highest BCUT2D eigenvalue weighted by atomic mass is 16.5. The van der Waals surface area contributed by atoms with Gasteiger partial charge in [-0.1, -0.05) is 5.92 Å². The molecule has 8 heteroatoms. The zero-order valence-corrected chi connectivity index (χ0v) is 17.3. The molecule has 0 bridgehead atoms. The molecule has 0 spiro atoms. The third-order valence-electron chi connectivity index (χ3n) is 5.62. The number of piperidine rings is 1. The van der Waals surface area contributed by atoms with Gasteiger partial charge in [0.05, 0.1) is 19.3 Å². The molecule has 29 heavy (non-hydrogen) atoms. The molecule has 2 aliphatic heterocycles. The Hall–Kier alpha value is -1.92. The summed E-state index contributed by atoms with van der Waals surface area (Å²) in [6.07, 6.45) is 9.36. The van der Waals surface area contributed by atoms with Crippen molar-refractivity contribution in [2.45, 2.75) is 44.9 Å². The fraction of sp³-hybridized carbons (Fsp3) is 0.714. The Morgan fingerprint density at radius 3 is 2.83 bits per heavy atom. The predicted molar refractivity (Wildman–Crippen MR) is 108 cm³/mol. The van der Waals surface area contributed by atoms with E-state index in [0.717, 1.165) is 45.6 Å². The lowest BCUT2D eigenvalue weighted by Gasteiger charge is -2.34. The first-order valence-corrected chi connectivity index (χ1v) is 10.5. The van der Waals surface area contributed by atoms with E-state index in [2.05, 4.69) is 27.6 Å². The number of oxazole rings is 1. The summed E-state index contributed by atoms with van der Waals surface area (Å²) in [6.45, 7) is 7.94. The van der Waals surface area contributed by atoms with Gasteiger partial charge in [-0.25, -0.2) is 4.98 Å². The SMILES string of the molecule is C#CCOCC(O)CN1CCN(Cc2nc(C(=O)N3CCCCC3C)co2)CC1. The summed E-state index contributed by atoms with van der Waals surface area (Å²) in [6, 6.07) is 0.261. The van der Waals surface area contributed by atoms with Crippen LogP contribution in [0.3, 0.4) is 0 Å². The fourth-order valence-electron chi connectivity index (χ4n) is 3.95. The van der Waals surface area contributed by atoms with Crippen molar-refractivity contribution < 1.29 is 19.1 Å². The average molecular weight is 405 g/mol. The van der Waals surface area contributed by atoms with Gasteiger partial charge in [-0.05, 0) is 26.2 Å². The van der Waals surface area contributed by atoms with Crippen molar-refractivity contribution in [1.82, 2.24) is 19.7 Å². The van der Waals surface area contributed by atoms with Gasteiger partial charge in [0.15, 0.2) is 5.69 Å². The van der Waals surface area contributed by atoms with Crippen LogP contribution in [0.25, 0.3) is 0 Å². The fourth-order valence-corrected chi connectivity index (χ4v) is 3.95. The lowest BCUT2D eigenvalue weighted by molar-refractivity contribution is 0.0146. The van der Waals surface area contributed by atoms with Crippen LogP contribution in [0, 0.1) is 12.3 Å². The maximum Gasteiger partial charge on any atom is 0.276 e. The number of piperazine rings is 1. The first-order chi connectivity index (χ1) is 14.1. The molecular weight excluding hydrogens is 372 g/mol. The first kappa shape index (κ1) is 21.8. The summed E-state index contributed by atoms with van der Waals surface area (Å²) >= 11 is 0. The summed E-state index contributed by atoms with van der Waals surface area (Å²) in [5, 5.41) is 10.0. The molecule has 1 N–H and O–H groups in total. The largest absolute Gasteiger partial charge is 0.447 e. The van der Waals surface area contributed by atoms with Gasteiger partial charge in [0, 0.05) is 45.3 Å². The van der Waals surface area contributed by atoms with Crippen LogP contribution in [0.5, 0.6) is 0 Å². The first-order valence-electron chi connectivity index (χ1n) is 10.5. The molecule has 0 aliphatic carbocycles. The number of ether oxygens (including phenoxy) is 1. The van der Waals surface area contributed by atoms with Crippen LogP contribution in [0.1, 0.15) is 42.6 Å². The minimum atomic E-state index is -0.535. The number of hydrogen-bond acceptors (Lipinski definition) is 7. The smallest absolute Gasteiger partial charge is 0.276 e. The van der Waals surface area contributed by atoms with Gasteiger partial charge in [-0.2, -0.15) is 0 Å². The van der Waals surface area contributed by atoms with Crippen molar-refractivity contribution >= 4 is 5.91 Å². The Morgan fingerprint density at radius 1 is 1.34 bits per heavy atom. The number of hydrogen-bond donors (Lipinski definition) is 1. The molecule has 3 heterocycles. The number of nitrogens with zero attached hydrogens (tertiary/aromatic N) is 4. The van der Waals surface area contributed by atoms with Crippen molar-refractivity contribution in [3.63, 3.8) is 0 Å². The van der Waals surface area contributed by atoms with E-state index in [9.17, 15) is 9.90 Å². The van der Waals surface area contributed by atoms with E-state index < -0.39 is 6.10 Å². The van der Waals surface area contributed by atoms with E-state index in [-0.39, 0.29) is 25.2 Å². The highest BCUT2D eigenvalue weighted by Crippen LogP contribution is 2.19. The summed E-state index contributed by atoms with van der Waals surface area (Å²) < 4.78 is 10.8. The van der Waals surface area contributed by atoms with Crippen LogP contribution >= 0.6 is 0 Å². The minimum Gasteiger partial charge on any atom is -0.447 e. The third kappa shape index (κ3) is 6.28. The van der Waals surface area contributed by atoms with E-state index in [0.29, 0.717) is 24.7 Å². The number of rotatable bonds is 8. The second-order valence-corrected chi connectivity index (χ2v) is 7.92. The van der Waals surface area contributed by atoms with Crippen LogP contribution < -0.4 is 0 Å². The molecule has 2 aliphatic rings. The van der Waals surface area contributed by atoms with Crippen LogP contribution in [0.4, 0.5) is 0 Å². The zero-order chi connectivity index (χ0) is 20.6. The van der Waals surface area contributed by atoms with Gasteiger partial charge < -0.3 is 19.2 Å². The molecule has 0 aromatic carbocycles.